The molecule has 3 aliphatic rings. The Bertz CT molecular complexity index is 366. The molecule has 5 heteroatoms. The Kier molecular flexibility index (Phi) is 3.82. The molecule has 3 rings (SSSR count). The molecule has 0 spiro atoms. The van der Waals surface area contributed by atoms with E-state index in [2.05, 4.69) is 12.3 Å². The zero-order valence-corrected chi connectivity index (χ0v) is 12.6. The molecule has 1 heterocycles. The minimum Gasteiger partial charge on any atom is -0.501 e. The molecule has 0 aromatic heterocycles. The van der Waals surface area contributed by atoms with Gasteiger partial charge in [-0.15, -0.1) is 0 Å². The van der Waals surface area contributed by atoms with Crippen molar-refractivity contribution in [3.05, 3.63) is 11.8 Å². The van der Waals surface area contributed by atoms with Crippen molar-refractivity contribution in [2.45, 2.75) is 18.3 Å². The van der Waals surface area contributed by atoms with Crippen LogP contribution in [0.1, 0.15) is 6.42 Å². The summed E-state index contributed by atoms with van der Waals surface area (Å²) < 4.78 is 22.7. The topological polar surface area (TPSA) is 36.9 Å². The van der Waals surface area contributed by atoms with Gasteiger partial charge in [-0.2, -0.15) is 11.8 Å². The largest absolute Gasteiger partial charge is 0.501 e. The predicted molar refractivity (Wildman–Crippen MR) is 74.0 cm³/mol. The standard InChI is InChI=1S/C14H22O4S/c1-15-12-7-11-10(14(11,16-2)8-19-3)6-9(12)13-17-4-5-18-13/h7,9-11,13H,4-6,8H2,1-3H3/t9-,10-,11+,14-/m0/s1. The summed E-state index contributed by atoms with van der Waals surface area (Å²) in [7, 11) is 3.56. The van der Waals surface area contributed by atoms with Crippen molar-refractivity contribution in [1.82, 2.24) is 0 Å². The Morgan fingerprint density at radius 2 is 2.11 bits per heavy atom. The van der Waals surface area contributed by atoms with Gasteiger partial charge in [0.2, 0.25) is 0 Å². The van der Waals surface area contributed by atoms with Gasteiger partial charge in [0.25, 0.3) is 0 Å². The normalized spacial score (nSPS) is 41.8. The van der Waals surface area contributed by atoms with Crippen LogP contribution in [0.25, 0.3) is 0 Å². The van der Waals surface area contributed by atoms with Crippen LogP contribution in [0.5, 0.6) is 0 Å². The summed E-state index contributed by atoms with van der Waals surface area (Å²) in [5.74, 6) is 3.31. The first-order valence-electron chi connectivity index (χ1n) is 6.80. The zero-order chi connectivity index (χ0) is 13.5. The van der Waals surface area contributed by atoms with Crippen LogP contribution >= 0.6 is 11.8 Å². The second-order valence-electron chi connectivity index (χ2n) is 5.45. The molecule has 1 aliphatic heterocycles. The minimum atomic E-state index is -0.142. The van der Waals surface area contributed by atoms with Gasteiger partial charge in [-0.3, -0.25) is 0 Å². The van der Waals surface area contributed by atoms with Crippen molar-refractivity contribution < 1.29 is 18.9 Å². The van der Waals surface area contributed by atoms with E-state index in [0.29, 0.717) is 25.0 Å². The van der Waals surface area contributed by atoms with Gasteiger partial charge in [-0.1, -0.05) is 0 Å². The number of hydrogen-bond acceptors (Lipinski definition) is 5. The fourth-order valence-corrected chi connectivity index (χ4v) is 4.64. The van der Waals surface area contributed by atoms with Crippen molar-refractivity contribution in [2.24, 2.45) is 17.8 Å². The molecule has 19 heavy (non-hydrogen) atoms. The maximum Gasteiger partial charge on any atom is 0.167 e. The fraction of sp³-hybridized carbons (Fsp3) is 0.857. The molecule has 2 fully saturated rings. The lowest BCUT2D eigenvalue weighted by atomic mass is 9.93. The first kappa shape index (κ1) is 13.7. The van der Waals surface area contributed by atoms with Gasteiger partial charge in [-0.05, 0) is 24.7 Å². The van der Waals surface area contributed by atoms with Crippen LogP contribution in [-0.4, -0.2) is 51.3 Å². The Morgan fingerprint density at radius 3 is 2.68 bits per heavy atom. The summed E-state index contributed by atoms with van der Waals surface area (Å²) in [6.07, 6.45) is 5.26. The van der Waals surface area contributed by atoms with Crippen LogP contribution in [0.15, 0.2) is 11.8 Å². The molecular formula is C14H22O4S. The number of hydrogen-bond donors (Lipinski definition) is 0. The maximum absolute atomic E-state index is 5.84. The minimum absolute atomic E-state index is 0.00342. The molecule has 108 valence electrons. The third-order valence-electron chi connectivity index (χ3n) is 4.70. The van der Waals surface area contributed by atoms with Crippen LogP contribution in [-0.2, 0) is 18.9 Å². The number of ether oxygens (including phenoxy) is 4. The molecule has 0 N–H and O–H groups in total. The molecule has 0 aromatic carbocycles. The van der Waals surface area contributed by atoms with Gasteiger partial charge in [0, 0.05) is 18.8 Å². The summed E-state index contributed by atoms with van der Waals surface area (Å²) in [5.41, 5.74) is -0.00342. The van der Waals surface area contributed by atoms with Crippen LogP contribution in [0.3, 0.4) is 0 Å². The van der Waals surface area contributed by atoms with Crippen LogP contribution in [0, 0.1) is 17.8 Å². The SMILES string of the molecule is COC1=C[C@@H]2[C@H](C[C@@H]1C1OCCO1)[C@]2(CSC)OC. The van der Waals surface area contributed by atoms with E-state index >= 15 is 0 Å². The van der Waals surface area contributed by atoms with Crippen molar-refractivity contribution in [3.63, 3.8) is 0 Å². The summed E-state index contributed by atoms with van der Waals surface area (Å²) in [6.45, 7) is 1.37. The predicted octanol–water partition coefficient (Wildman–Crippen LogP) is 1.90. The molecule has 4 nitrogen and oxygen atoms in total. The third-order valence-corrected chi connectivity index (χ3v) is 5.44. The fourth-order valence-electron chi connectivity index (χ4n) is 3.67. The molecule has 0 unspecified atom stereocenters. The van der Waals surface area contributed by atoms with E-state index in [-0.39, 0.29) is 17.8 Å². The molecule has 2 aliphatic carbocycles. The van der Waals surface area contributed by atoms with E-state index in [1.54, 1.807) is 7.11 Å². The highest BCUT2D eigenvalue weighted by Crippen LogP contribution is 2.62. The highest BCUT2D eigenvalue weighted by atomic mass is 32.2. The van der Waals surface area contributed by atoms with E-state index in [1.165, 1.54) is 0 Å². The van der Waals surface area contributed by atoms with Gasteiger partial charge in [0.15, 0.2) is 6.29 Å². The molecule has 4 atom stereocenters. The Morgan fingerprint density at radius 1 is 1.37 bits per heavy atom. The van der Waals surface area contributed by atoms with Crippen LogP contribution in [0.2, 0.25) is 0 Å². The second kappa shape index (κ2) is 5.28. The Labute approximate surface area is 118 Å². The van der Waals surface area contributed by atoms with Gasteiger partial charge < -0.3 is 18.9 Å². The first-order chi connectivity index (χ1) is 9.26. The van der Waals surface area contributed by atoms with Gasteiger partial charge in [0.1, 0.15) is 5.76 Å². The van der Waals surface area contributed by atoms with Crippen molar-refractivity contribution in [1.29, 1.82) is 0 Å². The quantitative estimate of drug-likeness (QED) is 0.771. The van der Waals surface area contributed by atoms with Crippen molar-refractivity contribution >= 4 is 11.8 Å². The third kappa shape index (κ3) is 2.11. The second-order valence-corrected chi connectivity index (χ2v) is 6.32. The Balaban J connectivity index is 1.78. The Hall–Kier alpha value is -0.230. The van der Waals surface area contributed by atoms with E-state index in [0.717, 1.165) is 17.9 Å². The smallest absolute Gasteiger partial charge is 0.167 e. The van der Waals surface area contributed by atoms with Gasteiger partial charge in [0.05, 0.1) is 31.8 Å². The molecule has 0 aromatic rings. The number of thioether (sulfide) groups is 1. The number of rotatable bonds is 5. The summed E-state index contributed by atoms with van der Waals surface area (Å²) in [4.78, 5) is 0. The van der Waals surface area contributed by atoms with Crippen molar-refractivity contribution in [3.8, 4) is 0 Å². The van der Waals surface area contributed by atoms with Crippen LogP contribution < -0.4 is 0 Å². The highest BCUT2D eigenvalue weighted by molar-refractivity contribution is 7.98. The van der Waals surface area contributed by atoms with Gasteiger partial charge in [-0.25, -0.2) is 0 Å². The molecule has 1 saturated heterocycles. The molecular weight excluding hydrogens is 264 g/mol. The lowest BCUT2D eigenvalue weighted by Crippen LogP contribution is -2.27. The average molecular weight is 286 g/mol. The van der Waals surface area contributed by atoms with E-state index in [9.17, 15) is 0 Å². The van der Waals surface area contributed by atoms with E-state index < -0.39 is 0 Å². The summed E-state index contributed by atoms with van der Waals surface area (Å²) in [5, 5.41) is 0. The van der Waals surface area contributed by atoms with Crippen molar-refractivity contribution in [2.75, 3.05) is 39.4 Å². The number of fused-ring (bicyclic) bond motifs is 1. The first-order valence-corrected chi connectivity index (χ1v) is 8.19. The highest BCUT2D eigenvalue weighted by Gasteiger charge is 2.66. The number of methoxy groups -OCH3 is 2. The average Bonchev–Trinajstić information content (AvgIpc) is 2.81. The van der Waals surface area contributed by atoms with E-state index in [4.69, 9.17) is 18.9 Å². The molecule has 0 radical (unpaired) electrons. The zero-order valence-electron chi connectivity index (χ0n) is 11.8. The molecule has 0 bridgehead atoms. The van der Waals surface area contributed by atoms with E-state index in [1.807, 2.05) is 18.9 Å². The monoisotopic (exact) mass is 286 g/mol. The van der Waals surface area contributed by atoms with Crippen LogP contribution in [0.4, 0.5) is 0 Å². The van der Waals surface area contributed by atoms with Gasteiger partial charge >= 0.3 is 0 Å². The summed E-state index contributed by atoms with van der Waals surface area (Å²) >= 11 is 1.85. The lowest BCUT2D eigenvalue weighted by molar-refractivity contribution is -0.0897. The lowest BCUT2D eigenvalue weighted by Gasteiger charge is -2.26. The summed E-state index contributed by atoms with van der Waals surface area (Å²) in [6, 6.07) is 0. The molecule has 0 amide bonds. The molecule has 1 saturated carbocycles. The maximum atomic E-state index is 5.84.